The van der Waals surface area contributed by atoms with Crippen LogP contribution in [0.25, 0.3) is 0 Å². The third-order valence-electron chi connectivity index (χ3n) is 2.86. The Hall–Kier alpha value is -1.55. The molecule has 0 aliphatic heterocycles. The van der Waals surface area contributed by atoms with Gasteiger partial charge in [-0.15, -0.1) is 0 Å². The Bertz CT molecular complexity index is 401. The summed E-state index contributed by atoms with van der Waals surface area (Å²) in [5.74, 6) is 0.388. The molecule has 0 amide bonds. The lowest BCUT2D eigenvalue weighted by Crippen LogP contribution is -2.29. The second-order valence-corrected chi connectivity index (χ2v) is 4.97. The molecule has 4 nitrogen and oxygen atoms in total. The highest BCUT2D eigenvalue weighted by molar-refractivity contribution is 5.75. The highest BCUT2D eigenvalue weighted by Gasteiger charge is 2.20. The van der Waals surface area contributed by atoms with E-state index in [2.05, 4.69) is 0 Å². The molecule has 0 fully saturated rings. The lowest BCUT2D eigenvalue weighted by atomic mass is 10.1. The number of hydrogen-bond acceptors (Lipinski definition) is 4. The summed E-state index contributed by atoms with van der Waals surface area (Å²) in [6.45, 7) is 6.16. The summed E-state index contributed by atoms with van der Waals surface area (Å²) in [4.78, 5) is 11.8. The predicted molar refractivity (Wildman–Crippen MR) is 79.8 cm³/mol. The van der Waals surface area contributed by atoms with E-state index in [4.69, 9.17) is 15.2 Å². The number of ether oxygens (including phenoxy) is 2. The van der Waals surface area contributed by atoms with Gasteiger partial charge in [-0.25, -0.2) is 4.79 Å². The molecule has 0 aromatic heterocycles. The fourth-order valence-electron chi connectivity index (χ4n) is 1.96. The minimum atomic E-state index is -0.528. The van der Waals surface area contributed by atoms with E-state index in [1.807, 2.05) is 38.1 Å². The van der Waals surface area contributed by atoms with Gasteiger partial charge in [0.05, 0.1) is 6.61 Å². The van der Waals surface area contributed by atoms with Gasteiger partial charge in [0, 0.05) is 6.04 Å². The van der Waals surface area contributed by atoms with Crippen LogP contribution in [-0.2, 0) is 16.0 Å². The Kier molecular flexibility index (Phi) is 7.09. The van der Waals surface area contributed by atoms with Crippen molar-refractivity contribution in [3.63, 3.8) is 0 Å². The SMILES string of the molecule is CCCC(Oc1ccc(CC(C)N)cc1)C(=O)OCC. The average Bonchev–Trinajstić information content (AvgIpc) is 2.40. The van der Waals surface area contributed by atoms with Crippen molar-refractivity contribution in [1.82, 2.24) is 0 Å². The Morgan fingerprint density at radius 2 is 1.90 bits per heavy atom. The first-order valence-electron chi connectivity index (χ1n) is 7.24. The quantitative estimate of drug-likeness (QED) is 0.743. The van der Waals surface area contributed by atoms with Crippen molar-refractivity contribution in [3.05, 3.63) is 29.8 Å². The van der Waals surface area contributed by atoms with Gasteiger partial charge in [0.15, 0.2) is 6.10 Å². The highest BCUT2D eigenvalue weighted by atomic mass is 16.6. The summed E-state index contributed by atoms with van der Waals surface area (Å²) < 4.78 is 10.7. The van der Waals surface area contributed by atoms with Crippen molar-refractivity contribution in [1.29, 1.82) is 0 Å². The molecule has 2 unspecified atom stereocenters. The molecule has 4 heteroatoms. The Balaban J connectivity index is 2.66. The zero-order valence-corrected chi connectivity index (χ0v) is 12.6. The van der Waals surface area contributed by atoms with E-state index >= 15 is 0 Å². The molecule has 0 heterocycles. The summed E-state index contributed by atoms with van der Waals surface area (Å²) in [5, 5.41) is 0. The minimum absolute atomic E-state index is 0.133. The van der Waals surface area contributed by atoms with Gasteiger partial charge >= 0.3 is 5.97 Å². The Morgan fingerprint density at radius 3 is 2.40 bits per heavy atom. The molecule has 0 saturated heterocycles. The van der Waals surface area contributed by atoms with Gasteiger partial charge < -0.3 is 15.2 Å². The third kappa shape index (κ3) is 5.61. The fraction of sp³-hybridized carbons (Fsp3) is 0.562. The second kappa shape index (κ2) is 8.59. The maximum Gasteiger partial charge on any atom is 0.347 e. The van der Waals surface area contributed by atoms with Crippen LogP contribution in [0.1, 0.15) is 39.2 Å². The van der Waals surface area contributed by atoms with Crippen molar-refractivity contribution in [3.8, 4) is 5.75 Å². The molecule has 0 aliphatic carbocycles. The first-order valence-corrected chi connectivity index (χ1v) is 7.24. The van der Waals surface area contributed by atoms with Crippen LogP contribution in [0.2, 0.25) is 0 Å². The minimum Gasteiger partial charge on any atom is -0.479 e. The Labute approximate surface area is 121 Å². The zero-order chi connectivity index (χ0) is 15.0. The number of esters is 1. The monoisotopic (exact) mass is 279 g/mol. The molecule has 112 valence electrons. The third-order valence-corrected chi connectivity index (χ3v) is 2.86. The molecular weight excluding hydrogens is 254 g/mol. The van der Waals surface area contributed by atoms with Gasteiger partial charge in [0.25, 0.3) is 0 Å². The summed E-state index contributed by atoms with van der Waals surface area (Å²) in [7, 11) is 0. The van der Waals surface area contributed by atoms with E-state index in [0.717, 1.165) is 18.4 Å². The lowest BCUT2D eigenvalue weighted by molar-refractivity contribution is -0.151. The van der Waals surface area contributed by atoms with Crippen molar-refractivity contribution in [2.45, 2.75) is 52.2 Å². The lowest BCUT2D eigenvalue weighted by Gasteiger charge is -2.17. The number of benzene rings is 1. The van der Waals surface area contributed by atoms with Crippen LogP contribution < -0.4 is 10.5 Å². The molecule has 0 saturated carbocycles. The molecule has 1 aromatic carbocycles. The van der Waals surface area contributed by atoms with E-state index in [1.165, 1.54) is 0 Å². The van der Waals surface area contributed by atoms with Gasteiger partial charge in [-0.3, -0.25) is 0 Å². The molecular formula is C16H25NO3. The topological polar surface area (TPSA) is 61.5 Å². The highest BCUT2D eigenvalue weighted by Crippen LogP contribution is 2.17. The van der Waals surface area contributed by atoms with Crippen LogP contribution in [0.15, 0.2) is 24.3 Å². The second-order valence-electron chi connectivity index (χ2n) is 4.97. The zero-order valence-electron chi connectivity index (χ0n) is 12.6. The van der Waals surface area contributed by atoms with Crippen molar-refractivity contribution >= 4 is 5.97 Å². The van der Waals surface area contributed by atoms with Crippen LogP contribution in [0.5, 0.6) is 5.75 Å². The number of hydrogen-bond donors (Lipinski definition) is 1. The number of rotatable bonds is 8. The molecule has 0 bridgehead atoms. The standard InChI is InChI=1S/C16H25NO3/c1-4-6-15(16(18)19-5-2)20-14-9-7-13(8-10-14)11-12(3)17/h7-10,12,15H,4-6,11,17H2,1-3H3. The summed E-state index contributed by atoms with van der Waals surface area (Å²) in [6.07, 6.45) is 1.82. The molecule has 0 radical (unpaired) electrons. The molecule has 2 N–H and O–H groups in total. The number of carbonyl (C=O) groups excluding carboxylic acids is 1. The van der Waals surface area contributed by atoms with Gasteiger partial charge in [0.2, 0.25) is 0 Å². The van der Waals surface area contributed by atoms with Crippen LogP contribution in [-0.4, -0.2) is 24.7 Å². The van der Waals surface area contributed by atoms with E-state index < -0.39 is 6.10 Å². The van der Waals surface area contributed by atoms with Crippen molar-refractivity contribution in [2.75, 3.05) is 6.61 Å². The van der Waals surface area contributed by atoms with Crippen LogP contribution >= 0.6 is 0 Å². The largest absolute Gasteiger partial charge is 0.479 e. The first-order chi connectivity index (χ1) is 9.56. The van der Waals surface area contributed by atoms with E-state index in [0.29, 0.717) is 18.8 Å². The molecule has 0 aliphatic rings. The summed E-state index contributed by atoms with van der Waals surface area (Å²) in [5.41, 5.74) is 6.93. The van der Waals surface area contributed by atoms with Crippen molar-refractivity contribution in [2.24, 2.45) is 5.73 Å². The summed E-state index contributed by atoms with van der Waals surface area (Å²) in [6, 6.07) is 7.84. The van der Waals surface area contributed by atoms with Gasteiger partial charge in [-0.05, 0) is 44.4 Å². The van der Waals surface area contributed by atoms with Crippen LogP contribution in [0.4, 0.5) is 0 Å². The average molecular weight is 279 g/mol. The molecule has 1 rings (SSSR count). The molecule has 1 aromatic rings. The number of nitrogens with two attached hydrogens (primary N) is 1. The Morgan fingerprint density at radius 1 is 1.25 bits per heavy atom. The van der Waals surface area contributed by atoms with E-state index in [9.17, 15) is 4.79 Å². The van der Waals surface area contributed by atoms with Crippen molar-refractivity contribution < 1.29 is 14.3 Å². The fourth-order valence-corrected chi connectivity index (χ4v) is 1.96. The molecule has 2 atom stereocenters. The van der Waals surface area contributed by atoms with E-state index in [-0.39, 0.29) is 12.0 Å². The van der Waals surface area contributed by atoms with Gasteiger partial charge in [0.1, 0.15) is 5.75 Å². The van der Waals surface area contributed by atoms with Crippen LogP contribution in [0.3, 0.4) is 0 Å². The molecule has 20 heavy (non-hydrogen) atoms. The summed E-state index contributed by atoms with van der Waals surface area (Å²) >= 11 is 0. The number of carbonyl (C=O) groups is 1. The predicted octanol–water partition coefficient (Wildman–Crippen LogP) is 2.69. The molecule has 0 spiro atoms. The van der Waals surface area contributed by atoms with Gasteiger partial charge in [-0.2, -0.15) is 0 Å². The first kappa shape index (κ1) is 16.5. The maximum atomic E-state index is 11.8. The van der Waals surface area contributed by atoms with Crippen LogP contribution in [0, 0.1) is 0 Å². The normalized spacial score (nSPS) is 13.6. The smallest absolute Gasteiger partial charge is 0.347 e. The maximum absolute atomic E-state index is 11.8. The van der Waals surface area contributed by atoms with Gasteiger partial charge in [-0.1, -0.05) is 25.5 Å². The van der Waals surface area contributed by atoms with E-state index in [1.54, 1.807) is 6.92 Å².